The first-order valence-electron chi connectivity index (χ1n) is 4.30. The van der Waals surface area contributed by atoms with Crippen LogP contribution in [0.25, 0.3) is 0 Å². The fourth-order valence-electron chi connectivity index (χ4n) is 1.59. The van der Waals surface area contributed by atoms with Crippen molar-refractivity contribution in [1.29, 1.82) is 0 Å². The summed E-state index contributed by atoms with van der Waals surface area (Å²) < 4.78 is 15.8. The molecule has 0 rings (SSSR count). The van der Waals surface area contributed by atoms with Gasteiger partial charge in [-0.3, -0.25) is 0 Å². The molecule has 0 N–H and O–H groups in total. The molecule has 0 amide bonds. The fraction of sp³-hybridized carbons (Fsp3) is 0.875. The Hall–Kier alpha value is 0.689. The molecule has 11 heavy (non-hydrogen) atoms. The zero-order valence-electron chi connectivity index (χ0n) is 7.94. The second-order valence-corrected chi connectivity index (χ2v) is 20.3. The van der Waals surface area contributed by atoms with Crippen molar-refractivity contribution in [3.63, 3.8) is 0 Å². The van der Waals surface area contributed by atoms with Gasteiger partial charge in [0.15, 0.2) is 0 Å². The summed E-state index contributed by atoms with van der Waals surface area (Å²) in [6.45, 7) is 8.82. The van der Waals surface area contributed by atoms with Crippen molar-refractivity contribution in [3.8, 4) is 0 Å². The van der Waals surface area contributed by atoms with E-state index in [1.807, 2.05) is 0 Å². The molecule has 0 radical (unpaired) electrons. The quantitative estimate of drug-likeness (QED) is 0.571. The van der Waals surface area contributed by atoms with Crippen molar-refractivity contribution in [2.45, 2.75) is 41.0 Å². The third-order valence-electron chi connectivity index (χ3n) is 2.90. The van der Waals surface area contributed by atoms with Crippen LogP contribution in [0.3, 0.4) is 0 Å². The van der Waals surface area contributed by atoms with E-state index in [2.05, 4.69) is 27.7 Å². The molecule has 0 unspecified atom stereocenters. The van der Waals surface area contributed by atoms with Crippen molar-refractivity contribution in [2.24, 2.45) is 0 Å². The molecule has 0 aliphatic rings. The summed E-state index contributed by atoms with van der Waals surface area (Å²) in [5.74, 6) is 0. The van der Waals surface area contributed by atoms with E-state index in [1.54, 1.807) is 0 Å². The molecule has 0 aliphatic heterocycles. The Morgan fingerprint density at radius 3 is 1.64 bits per heavy atom. The van der Waals surface area contributed by atoms with Crippen LogP contribution in [-0.2, 0) is 11.3 Å². The Kier molecular flexibility index (Phi) is 5.69. The van der Waals surface area contributed by atoms with Gasteiger partial charge < -0.3 is 0 Å². The minimum absolute atomic E-state index is 0.765. The zero-order valence-corrected chi connectivity index (χ0v) is 11.6. The first-order chi connectivity index (χ1) is 5.16. The summed E-state index contributed by atoms with van der Waals surface area (Å²) >= 11 is -1.23. The van der Waals surface area contributed by atoms with Gasteiger partial charge in [-0.15, -0.1) is 0 Å². The van der Waals surface area contributed by atoms with Crippen LogP contribution in [0, 0.1) is 0 Å². The second kappa shape index (κ2) is 5.35. The van der Waals surface area contributed by atoms with Gasteiger partial charge in [0, 0.05) is 0 Å². The van der Waals surface area contributed by atoms with Gasteiger partial charge in [-0.1, -0.05) is 0 Å². The molecule has 0 aromatic heterocycles. The van der Waals surface area contributed by atoms with Gasteiger partial charge in [0.05, 0.1) is 0 Å². The molecule has 3 heteroatoms. The molecule has 0 bridgehead atoms. The van der Waals surface area contributed by atoms with Gasteiger partial charge in [0.2, 0.25) is 0 Å². The Morgan fingerprint density at radius 2 is 1.55 bits per heavy atom. The molecule has 0 saturated heterocycles. The van der Waals surface area contributed by atoms with Crippen LogP contribution in [-0.4, -0.2) is 25.5 Å². The summed E-state index contributed by atoms with van der Waals surface area (Å²) in [6.07, 6.45) is 0. The van der Waals surface area contributed by atoms with E-state index in [9.17, 15) is 4.21 Å². The topological polar surface area (TPSA) is 17.1 Å². The van der Waals surface area contributed by atoms with Crippen LogP contribution < -0.4 is 0 Å². The van der Waals surface area contributed by atoms with E-state index in [4.69, 9.17) is 0 Å². The second-order valence-electron chi connectivity index (χ2n) is 2.98. The predicted octanol–water partition coefficient (Wildman–Crippen LogP) is 2.44. The van der Waals surface area contributed by atoms with Crippen molar-refractivity contribution in [1.82, 2.24) is 0 Å². The van der Waals surface area contributed by atoms with Crippen LogP contribution >= 0.6 is 0 Å². The number of rotatable bonds is 4. The number of hydrogen-bond donors (Lipinski definition) is 0. The summed E-state index contributed by atoms with van der Waals surface area (Å²) in [7, 11) is 0. The fourth-order valence-corrected chi connectivity index (χ4v) is 14.7. The van der Waals surface area contributed by atoms with Gasteiger partial charge in [0.1, 0.15) is 0 Å². The number of hydrogen-bond acceptors (Lipinski definition) is 1. The predicted molar refractivity (Wildman–Crippen MR) is 56.0 cm³/mol. The molecule has 0 aromatic carbocycles. The van der Waals surface area contributed by atoms with Gasteiger partial charge in [0.25, 0.3) is 0 Å². The van der Waals surface area contributed by atoms with Crippen molar-refractivity contribution in [3.05, 3.63) is 0 Å². The van der Waals surface area contributed by atoms with Crippen LogP contribution in [0.5, 0.6) is 0 Å². The summed E-state index contributed by atoms with van der Waals surface area (Å²) in [4.78, 5) is 0. The molecule has 0 fully saturated rings. The average Bonchev–Trinajstić information content (AvgIpc) is 2.08. The van der Waals surface area contributed by atoms with E-state index in [1.165, 1.54) is 16.2 Å². The van der Waals surface area contributed by atoms with Crippen LogP contribution in [0.2, 0.25) is 13.3 Å². The van der Waals surface area contributed by atoms with E-state index in [-0.39, 0.29) is 0 Å². The standard InChI is InChI=1S/C2H3OS.3C2H5.Sn/c1-2-4-3;3*1-2;/h1H3;3*1H2,2H3;. The summed E-state index contributed by atoms with van der Waals surface area (Å²) in [5.41, 5.74) is 0. The Bertz CT molecular complexity index is 161. The molecule has 1 nitrogen and oxygen atoms in total. The average molecular weight is 281 g/mol. The van der Waals surface area contributed by atoms with E-state index >= 15 is 0 Å². The normalized spacial score (nSPS) is 11.3. The van der Waals surface area contributed by atoms with Gasteiger partial charge in [-0.2, -0.15) is 0 Å². The van der Waals surface area contributed by atoms with Crippen molar-refractivity contribution in [2.75, 3.05) is 0 Å². The SMILES string of the molecule is C[CH2][Sn]([CH2]C)([CH2]C)[C](C)=S=O. The molecule has 0 aliphatic carbocycles. The third kappa shape index (κ3) is 2.58. The van der Waals surface area contributed by atoms with Gasteiger partial charge >= 0.3 is 77.7 Å². The molecule has 0 atom stereocenters. The monoisotopic (exact) mass is 282 g/mol. The third-order valence-corrected chi connectivity index (χ3v) is 22.6. The Morgan fingerprint density at radius 1 is 1.18 bits per heavy atom. The van der Waals surface area contributed by atoms with Crippen LogP contribution in [0.1, 0.15) is 27.7 Å². The summed E-state index contributed by atoms with van der Waals surface area (Å²) in [6, 6.07) is 0. The molecule has 0 saturated carbocycles. The van der Waals surface area contributed by atoms with Gasteiger partial charge in [-0.05, 0) is 0 Å². The Labute approximate surface area is 77.5 Å². The summed E-state index contributed by atoms with van der Waals surface area (Å²) in [5, 5.41) is 0. The van der Waals surface area contributed by atoms with Gasteiger partial charge in [-0.25, -0.2) is 0 Å². The molecule has 0 spiro atoms. The zero-order chi connectivity index (χ0) is 8.91. The molecule has 66 valence electrons. The minimum atomic E-state index is -2.00. The van der Waals surface area contributed by atoms with E-state index in [0.717, 1.165) is 11.3 Å². The first-order valence-corrected chi connectivity index (χ1v) is 12.5. The van der Waals surface area contributed by atoms with E-state index in [0.29, 0.717) is 0 Å². The molecule has 0 aromatic rings. The maximum absolute atomic E-state index is 10.7. The maximum atomic E-state index is 10.7. The first kappa shape index (κ1) is 11.7. The molecular weight excluding hydrogens is 263 g/mol. The van der Waals surface area contributed by atoms with Crippen LogP contribution in [0.4, 0.5) is 0 Å². The molecular formula is C8H18OSSn. The van der Waals surface area contributed by atoms with Crippen molar-refractivity contribution < 1.29 is 4.21 Å². The van der Waals surface area contributed by atoms with Crippen molar-refractivity contribution >= 4 is 32.5 Å². The Balaban J connectivity index is 4.68. The van der Waals surface area contributed by atoms with E-state index < -0.39 is 18.4 Å². The van der Waals surface area contributed by atoms with Crippen LogP contribution in [0.15, 0.2) is 0 Å². The molecule has 0 heterocycles.